The standard InChI is InChI=1S/C14H15BrN2O3S2/c1-3-19-11-6-9(5-10(15)13(11)20-4-2)7-16-17-12(18)8-22-14(17)21/h5-7H,3-4,8H2,1-2H3/b16-7+. The van der Waals surface area contributed by atoms with Gasteiger partial charge in [-0.3, -0.25) is 4.79 Å². The molecule has 8 heteroatoms. The van der Waals surface area contributed by atoms with Crippen molar-refractivity contribution < 1.29 is 14.3 Å². The molecule has 1 aromatic rings. The Morgan fingerprint density at radius 1 is 1.41 bits per heavy atom. The van der Waals surface area contributed by atoms with Crippen LogP contribution in [0.25, 0.3) is 0 Å². The molecule has 0 N–H and O–H groups in total. The minimum Gasteiger partial charge on any atom is -0.490 e. The number of hydrogen-bond acceptors (Lipinski definition) is 6. The van der Waals surface area contributed by atoms with E-state index < -0.39 is 0 Å². The highest BCUT2D eigenvalue weighted by Crippen LogP contribution is 2.36. The quantitative estimate of drug-likeness (QED) is 0.538. The third kappa shape index (κ3) is 3.99. The molecule has 2 rings (SSSR count). The number of nitrogens with zero attached hydrogens (tertiary/aromatic N) is 2. The van der Waals surface area contributed by atoms with E-state index in [4.69, 9.17) is 21.7 Å². The Kier molecular flexibility index (Phi) is 6.22. The summed E-state index contributed by atoms with van der Waals surface area (Å²) < 4.78 is 12.4. The molecule has 0 aliphatic carbocycles. The van der Waals surface area contributed by atoms with Gasteiger partial charge in [0.15, 0.2) is 15.8 Å². The molecule has 0 unspecified atom stereocenters. The van der Waals surface area contributed by atoms with Crippen LogP contribution in [0.4, 0.5) is 0 Å². The van der Waals surface area contributed by atoms with Crippen LogP contribution in [0.5, 0.6) is 11.5 Å². The Hall–Kier alpha value is -1.12. The molecule has 0 spiro atoms. The van der Waals surface area contributed by atoms with Gasteiger partial charge in [0.2, 0.25) is 0 Å². The van der Waals surface area contributed by atoms with E-state index in [0.29, 0.717) is 34.8 Å². The molecular weight excluding hydrogens is 388 g/mol. The Morgan fingerprint density at radius 3 is 2.73 bits per heavy atom. The van der Waals surface area contributed by atoms with Crippen molar-refractivity contribution in [2.75, 3.05) is 19.0 Å². The first-order chi connectivity index (χ1) is 10.6. The second-order valence-corrected chi connectivity index (χ2v) is 6.66. The molecule has 0 radical (unpaired) electrons. The topological polar surface area (TPSA) is 51.1 Å². The van der Waals surface area contributed by atoms with Gasteiger partial charge in [0, 0.05) is 0 Å². The number of amides is 1. The summed E-state index contributed by atoms with van der Waals surface area (Å²) in [6.45, 7) is 4.89. The second kappa shape index (κ2) is 7.94. The zero-order chi connectivity index (χ0) is 16.1. The number of hydrazone groups is 1. The Morgan fingerprint density at radius 2 is 2.14 bits per heavy atom. The van der Waals surface area contributed by atoms with Gasteiger partial charge in [-0.05, 0) is 47.5 Å². The monoisotopic (exact) mass is 402 g/mol. The van der Waals surface area contributed by atoms with E-state index in [-0.39, 0.29) is 5.91 Å². The van der Waals surface area contributed by atoms with E-state index in [1.165, 1.54) is 16.8 Å². The summed E-state index contributed by atoms with van der Waals surface area (Å²) in [5, 5.41) is 5.39. The molecule has 22 heavy (non-hydrogen) atoms. The highest BCUT2D eigenvalue weighted by molar-refractivity contribution is 9.10. The number of hydrogen-bond donors (Lipinski definition) is 0. The van der Waals surface area contributed by atoms with Gasteiger partial charge in [-0.15, -0.1) is 0 Å². The van der Waals surface area contributed by atoms with E-state index in [1.807, 2.05) is 26.0 Å². The van der Waals surface area contributed by atoms with Crippen molar-refractivity contribution in [2.45, 2.75) is 13.8 Å². The van der Waals surface area contributed by atoms with E-state index in [2.05, 4.69) is 21.0 Å². The van der Waals surface area contributed by atoms with E-state index in [0.717, 1.165) is 10.0 Å². The minimum absolute atomic E-state index is 0.110. The fourth-order valence-corrected chi connectivity index (χ4v) is 3.33. The number of carbonyl (C=O) groups excluding carboxylic acids is 1. The lowest BCUT2D eigenvalue weighted by molar-refractivity contribution is -0.123. The number of benzene rings is 1. The predicted molar refractivity (Wildman–Crippen MR) is 96.0 cm³/mol. The summed E-state index contributed by atoms with van der Waals surface area (Å²) in [4.78, 5) is 11.6. The number of rotatable bonds is 6. The zero-order valence-electron chi connectivity index (χ0n) is 12.2. The molecule has 118 valence electrons. The maximum atomic E-state index is 11.6. The average Bonchev–Trinajstić information content (AvgIpc) is 2.80. The van der Waals surface area contributed by atoms with Crippen molar-refractivity contribution >= 4 is 56.4 Å². The predicted octanol–water partition coefficient (Wildman–Crippen LogP) is 3.44. The summed E-state index contributed by atoms with van der Waals surface area (Å²) in [6, 6.07) is 3.67. The summed E-state index contributed by atoms with van der Waals surface area (Å²) >= 11 is 9.86. The third-order valence-electron chi connectivity index (χ3n) is 2.67. The van der Waals surface area contributed by atoms with Gasteiger partial charge in [-0.25, -0.2) is 0 Å². The molecule has 1 aliphatic rings. The van der Waals surface area contributed by atoms with Crippen LogP contribution in [-0.4, -0.2) is 40.4 Å². The number of halogens is 1. The molecule has 1 heterocycles. The van der Waals surface area contributed by atoms with E-state index >= 15 is 0 Å². The number of ether oxygens (including phenoxy) is 2. The molecule has 1 aromatic carbocycles. The SMILES string of the molecule is CCOc1cc(/C=N/N2C(=O)CSC2=S)cc(Br)c1OCC. The first-order valence-electron chi connectivity index (χ1n) is 6.69. The van der Waals surface area contributed by atoms with Crippen molar-refractivity contribution in [2.24, 2.45) is 5.10 Å². The molecule has 0 bridgehead atoms. The zero-order valence-corrected chi connectivity index (χ0v) is 15.4. The van der Waals surface area contributed by atoms with Crippen LogP contribution in [0.3, 0.4) is 0 Å². The summed E-state index contributed by atoms with van der Waals surface area (Å²) in [6.07, 6.45) is 1.58. The number of carbonyl (C=O) groups is 1. The van der Waals surface area contributed by atoms with Crippen molar-refractivity contribution in [3.63, 3.8) is 0 Å². The van der Waals surface area contributed by atoms with Gasteiger partial charge in [-0.2, -0.15) is 10.1 Å². The van der Waals surface area contributed by atoms with Crippen molar-refractivity contribution in [1.82, 2.24) is 5.01 Å². The summed E-state index contributed by atoms with van der Waals surface area (Å²) in [5.74, 6) is 1.52. The minimum atomic E-state index is -0.110. The van der Waals surface area contributed by atoms with Gasteiger partial charge in [-0.1, -0.05) is 24.0 Å². The first-order valence-corrected chi connectivity index (χ1v) is 8.88. The van der Waals surface area contributed by atoms with Gasteiger partial charge >= 0.3 is 0 Å². The summed E-state index contributed by atoms with van der Waals surface area (Å²) in [5.41, 5.74) is 0.784. The molecule has 1 aliphatic heterocycles. The fourth-order valence-electron chi connectivity index (χ4n) is 1.79. The third-order valence-corrected chi connectivity index (χ3v) is 4.60. The molecule has 0 aromatic heterocycles. The fraction of sp³-hybridized carbons (Fsp3) is 0.357. The Balaban J connectivity index is 2.27. The molecular formula is C14H15BrN2O3S2. The largest absolute Gasteiger partial charge is 0.490 e. The highest BCUT2D eigenvalue weighted by Gasteiger charge is 2.26. The Labute approximate surface area is 147 Å². The lowest BCUT2D eigenvalue weighted by Crippen LogP contribution is -2.22. The van der Waals surface area contributed by atoms with Gasteiger partial charge in [0.25, 0.3) is 5.91 Å². The van der Waals surface area contributed by atoms with Gasteiger partial charge in [0.1, 0.15) is 0 Å². The lowest BCUT2D eigenvalue weighted by Gasteiger charge is -2.13. The molecule has 1 fully saturated rings. The van der Waals surface area contributed by atoms with Crippen LogP contribution in [-0.2, 0) is 4.79 Å². The highest BCUT2D eigenvalue weighted by atomic mass is 79.9. The smallest absolute Gasteiger partial charge is 0.259 e. The first kappa shape index (κ1) is 17.2. The lowest BCUT2D eigenvalue weighted by atomic mass is 10.2. The van der Waals surface area contributed by atoms with Crippen molar-refractivity contribution in [3.05, 3.63) is 22.2 Å². The number of thioether (sulfide) groups is 1. The van der Waals surface area contributed by atoms with Crippen molar-refractivity contribution in [1.29, 1.82) is 0 Å². The Bertz CT molecular complexity index is 606. The van der Waals surface area contributed by atoms with Crippen LogP contribution in [0, 0.1) is 0 Å². The maximum absolute atomic E-state index is 11.6. The van der Waals surface area contributed by atoms with E-state index in [9.17, 15) is 4.79 Å². The van der Waals surface area contributed by atoms with Crippen LogP contribution in [0.1, 0.15) is 19.4 Å². The average molecular weight is 403 g/mol. The normalized spacial score (nSPS) is 15.0. The maximum Gasteiger partial charge on any atom is 0.259 e. The van der Waals surface area contributed by atoms with Crippen LogP contribution >= 0.6 is 39.9 Å². The molecule has 1 amide bonds. The van der Waals surface area contributed by atoms with Crippen LogP contribution < -0.4 is 9.47 Å². The molecule has 0 saturated carbocycles. The van der Waals surface area contributed by atoms with E-state index in [1.54, 1.807) is 6.21 Å². The summed E-state index contributed by atoms with van der Waals surface area (Å²) in [7, 11) is 0. The van der Waals surface area contributed by atoms with Crippen molar-refractivity contribution in [3.8, 4) is 11.5 Å². The molecule has 1 saturated heterocycles. The van der Waals surface area contributed by atoms with Gasteiger partial charge < -0.3 is 9.47 Å². The number of thiocarbonyl (C=S) groups is 1. The molecule has 0 atom stereocenters. The van der Waals surface area contributed by atoms with Crippen LogP contribution in [0.2, 0.25) is 0 Å². The van der Waals surface area contributed by atoms with Crippen LogP contribution in [0.15, 0.2) is 21.7 Å². The second-order valence-electron chi connectivity index (χ2n) is 4.20. The molecule has 5 nitrogen and oxygen atoms in total. The van der Waals surface area contributed by atoms with Gasteiger partial charge in [0.05, 0.1) is 29.7 Å².